The average molecular weight is 154 g/mol. The van der Waals surface area contributed by atoms with Crippen LogP contribution < -0.4 is 0 Å². The zero-order chi connectivity index (χ0) is 8.48. The van der Waals surface area contributed by atoms with E-state index in [1.165, 1.54) is 6.21 Å². The standard InChI is InChI=1S/C6H8N3O2/c1-3-6(2)7-4-5(8-6)9(10)11/h3-4H,1-2H3. The van der Waals surface area contributed by atoms with Gasteiger partial charge in [0, 0.05) is 13.3 Å². The largest absolute Gasteiger partial charge is 0.378 e. The van der Waals surface area contributed by atoms with Crippen LogP contribution >= 0.6 is 0 Å². The molecule has 0 saturated heterocycles. The van der Waals surface area contributed by atoms with Gasteiger partial charge in [-0.05, 0) is 9.92 Å². The monoisotopic (exact) mass is 154 g/mol. The van der Waals surface area contributed by atoms with Crippen LogP contribution in [-0.2, 0) is 0 Å². The fourth-order valence-corrected chi connectivity index (χ4v) is 0.705. The van der Waals surface area contributed by atoms with E-state index in [0.29, 0.717) is 0 Å². The summed E-state index contributed by atoms with van der Waals surface area (Å²) in [6.45, 7) is 3.48. The smallest absolute Gasteiger partial charge is 0.358 e. The quantitative estimate of drug-likeness (QED) is 0.411. The van der Waals surface area contributed by atoms with Crippen molar-refractivity contribution in [3.8, 4) is 0 Å². The van der Waals surface area contributed by atoms with Crippen molar-refractivity contribution < 1.29 is 4.92 Å². The first kappa shape index (κ1) is 7.84. The number of nitrogens with zero attached hydrogens (tertiary/aromatic N) is 3. The summed E-state index contributed by atoms with van der Waals surface area (Å²) in [6, 6.07) is 0. The molecule has 0 bridgehead atoms. The number of hydrogen-bond acceptors (Lipinski definition) is 4. The Bertz CT molecular complexity index is 246. The van der Waals surface area contributed by atoms with Crippen LogP contribution in [0.4, 0.5) is 0 Å². The van der Waals surface area contributed by atoms with Crippen LogP contribution in [0, 0.1) is 16.5 Å². The summed E-state index contributed by atoms with van der Waals surface area (Å²) in [6.07, 6.45) is 2.89. The fraction of sp³-hybridized carbons (Fsp3) is 0.500. The molecule has 0 saturated carbocycles. The van der Waals surface area contributed by atoms with E-state index in [1.54, 1.807) is 20.3 Å². The normalized spacial score (nSPS) is 28.7. The van der Waals surface area contributed by atoms with Crippen molar-refractivity contribution in [2.45, 2.75) is 19.5 Å². The lowest BCUT2D eigenvalue weighted by Crippen LogP contribution is -2.16. The first-order valence-corrected chi connectivity index (χ1v) is 3.17. The van der Waals surface area contributed by atoms with Gasteiger partial charge in [-0.3, -0.25) is 0 Å². The topological polar surface area (TPSA) is 67.9 Å². The first-order valence-electron chi connectivity index (χ1n) is 3.17. The second kappa shape index (κ2) is 2.41. The van der Waals surface area contributed by atoms with Gasteiger partial charge in [-0.1, -0.05) is 6.92 Å². The highest BCUT2D eigenvalue weighted by molar-refractivity contribution is 6.26. The van der Waals surface area contributed by atoms with Gasteiger partial charge in [-0.25, -0.2) is 4.99 Å². The SMILES string of the molecule is C[CH]C1(C)N=CC([N+](=O)[O-])=N1. The fourth-order valence-electron chi connectivity index (χ4n) is 0.705. The number of hydrogen-bond donors (Lipinski definition) is 0. The van der Waals surface area contributed by atoms with Gasteiger partial charge >= 0.3 is 5.84 Å². The van der Waals surface area contributed by atoms with Crippen LogP contribution in [0.25, 0.3) is 0 Å². The van der Waals surface area contributed by atoms with Crippen LogP contribution in [-0.4, -0.2) is 22.6 Å². The van der Waals surface area contributed by atoms with Crippen molar-refractivity contribution in [2.24, 2.45) is 9.98 Å². The van der Waals surface area contributed by atoms with E-state index in [0.717, 1.165) is 0 Å². The maximum absolute atomic E-state index is 10.2. The van der Waals surface area contributed by atoms with E-state index in [2.05, 4.69) is 9.98 Å². The highest BCUT2D eigenvalue weighted by atomic mass is 16.6. The van der Waals surface area contributed by atoms with E-state index in [9.17, 15) is 10.1 Å². The molecule has 1 rings (SSSR count). The summed E-state index contributed by atoms with van der Waals surface area (Å²) in [7, 11) is 0. The van der Waals surface area contributed by atoms with Gasteiger partial charge < -0.3 is 10.1 Å². The summed E-state index contributed by atoms with van der Waals surface area (Å²) in [5, 5.41) is 10.2. The van der Waals surface area contributed by atoms with Crippen molar-refractivity contribution in [1.29, 1.82) is 0 Å². The molecular weight excluding hydrogens is 146 g/mol. The Morgan fingerprint density at radius 1 is 1.82 bits per heavy atom. The number of nitro groups is 1. The van der Waals surface area contributed by atoms with E-state index in [1.807, 2.05) is 0 Å². The lowest BCUT2D eigenvalue weighted by Gasteiger charge is -2.04. The maximum Gasteiger partial charge on any atom is 0.378 e. The summed E-state index contributed by atoms with van der Waals surface area (Å²) in [5.74, 6) is -0.175. The van der Waals surface area contributed by atoms with Gasteiger partial charge in [-0.2, -0.15) is 0 Å². The number of rotatable bonds is 1. The average Bonchev–Trinajstić information content (AvgIpc) is 2.33. The number of amidine groups is 1. The Hall–Kier alpha value is -1.26. The van der Waals surface area contributed by atoms with Gasteiger partial charge in [0.1, 0.15) is 6.21 Å². The van der Waals surface area contributed by atoms with E-state index >= 15 is 0 Å². The lowest BCUT2D eigenvalue weighted by molar-refractivity contribution is -0.345. The summed E-state index contributed by atoms with van der Waals surface area (Å²) in [5.41, 5.74) is -0.720. The maximum atomic E-state index is 10.2. The third-order valence-corrected chi connectivity index (χ3v) is 1.52. The van der Waals surface area contributed by atoms with E-state index < -0.39 is 10.6 Å². The van der Waals surface area contributed by atoms with Gasteiger partial charge in [0.05, 0.1) is 0 Å². The molecule has 1 aliphatic heterocycles. The molecule has 59 valence electrons. The summed E-state index contributed by atoms with van der Waals surface area (Å²) in [4.78, 5) is 17.3. The molecule has 0 aromatic carbocycles. The zero-order valence-electron chi connectivity index (χ0n) is 6.31. The molecule has 5 nitrogen and oxygen atoms in total. The second-order valence-electron chi connectivity index (χ2n) is 2.37. The highest BCUT2D eigenvalue weighted by Gasteiger charge is 2.33. The second-order valence-corrected chi connectivity index (χ2v) is 2.37. The molecule has 1 atom stereocenters. The minimum Gasteiger partial charge on any atom is -0.358 e. The molecule has 11 heavy (non-hydrogen) atoms. The minimum atomic E-state index is -0.720. The van der Waals surface area contributed by atoms with Crippen LogP contribution in [0.15, 0.2) is 9.98 Å². The molecular formula is C6H8N3O2. The van der Waals surface area contributed by atoms with Gasteiger partial charge in [0.25, 0.3) is 0 Å². The van der Waals surface area contributed by atoms with Gasteiger partial charge in [0.2, 0.25) is 5.66 Å². The molecule has 0 fully saturated rings. The molecule has 1 heterocycles. The molecule has 5 heteroatoms. The number of aliphatic imine (C=N–C) groups is 2. The van der Waals surface area contributed by atoms with Crippen LogP contribution in [0.3, 0.4) is 0 Å². The summed E-state index contributed by atoms with van der Waals surface area (Å²) < 4.78 is 0. The van der Waals surface area contributed by atoms with E-state index in [4.69, 9.17) is 0 Å². The Labute approximate surface area is 64.0 Å². The molecule has 0 aromatic rings. The Balaban J connectivity index is 2.86. The van der Waals surface area contributed by atoms with Crippen LogP contribution in [0.2, 0.25) is 0 Å². The van der Waals surface area contributed by atoms with Gasteiger partial charge in [-0.15, -0.1) is 0 Å². The predicted octanol–water partition coefficient (Wildman–Crippen LogP) is 0.686. The third-order valence-electron chi connectivity index (χ3n) is 1.52. The third kappa shape index (κ3) is 1.42. The van der Waals surface area contributed by atoms with Crippen molar-refractivity contribution in [3.63, 3.8) is 0 Å². The van der Waals surface area contributed by atoms with Gasteiger partial charge in [0.15, 0.2) is 0 Å². The molecule has 0 amide bonds. The van der Waals surface area contributed by atoms with Crippen LogP contribution in [0.1, 0.15) is 13.8 Å². The molecule has 1 radical (unpaired) electrons. The molecule has 0 spiro atoms. The lowest BCUT2D eigenvalue weighted by atomic mass is 10.2. The summed E-state index contributed by atoms with van der Waals surface area (Å²) >= 11 is 0. The molecule has 1 unspecified atom stereocenters. The van der Waals surface area contributed by atoms with Crippen LogP contribution in [0.5, 0.6) is 0 Å². The Kier molecular flexibility index (Phi) is 1.72. The zero-order valence-corrected chi connectivity index (χ0v) is 6.31. The van der Waals surface area contributed by atoms with Crippen molar-refractivity contribution in [1.82, 2.24) is 0 Å². The highest BCUT2D eigenvalue weighted by Crippen LogP contribution is 2.19. The first-order chi connectivity index (χ1) is 5.07. The Morgan fingerprint density at radius 3 is 2.73 bits per heavy atom. The van der Waals surface area contributed by atoms with Crippen molar-refractivity contribution >= 4 is 12.1 Å². The van der Waals surface area contributed by atoms with E-state index in [-0.39, 0.29) is 5.84 Å². The molecule has 0 N–H and O–H groups in total. The Morgan fingerprint density at radius 2 is 2.45 bits per heavy atom. The molecule has 1 aliphatic rings. The van der Waals surface area contributed by atoms with Crippen molar-refractivity contribution in [3.05, 3.63) is 16.5 Å². The van der Waals surface area contributed by atoms with Crippen molar-refractivity contribution in [2.75, 3.05) is 0 Å². The minimum absolute atomic E-state index is 0.175. The molecule has 0 aliphatic carbocycles. The predicted molar refractivity (Wildman–Crippen MR) is 41.3 cm³/mol. The molecule has 0 aromatic heterocycles.